The van der Waals surface area contributed by atoms with Crippen LogP contribution in [0.4, 0.5) is 5.69 Å². The molecular weight excluding hydrogens is 272 g/mol. The number of piperidine rings is 1. The van der Waals surface area contributed by atoms with E-state index in [4.69, 9.17) is 0 Å². The van der Waals surface area contributed by atoms with Gasteiger partial charge in [-0.1, -0.05) is 39.3 Å². The van der Waals surface area contributed by atoms with Crippen LogP contribution in [0.3, 0.4) is 0 Å². The highest BCUT2D eigenvalue weighted by Crippen LogP contribution is 2.23. The summed E-state index contributed by atoms with van der Waals surface area (Å²) in [5.41, 5.74) is 2.31. The van der Waals surface area contributed by atoms with Crippen molar-refractivity contribution in [3.63, 3.8) is 0 Å². The lowest BCUT2D eigenvalue weighted by Crippen LogP contribution is -2.43. The summed E-state index contributed by atoms with van der Waals surface area (Å²) in [5, 5.41) is 6.25. The van der Waals surface area contributed by atoms with Gasteiger partial charge in [0.25, 0.3) is 0 Å². The summed E-state index contributed by atoms with van der Waals surface area (Å²) >= 11 is 0. The number of benzene rings is 1. The van der Waals surface area contributed by atoms with Crippen molar-refractivity contribution >= 4 is 24.0 Å². The third-order valence-corrected chi connectivity index (χ3v) is 3.65. The summed E-state index contributed by atoms with van der Waals surface area (Å²) < 4.78 is 0. The van der Waals surface area contributed by atoms with Gasteiger partial charge in [0.1, 0.15) is 0 Å². The van der Waals surface area contributed by atoms with Gasteiger partial charge in [-0.15, -0.1) is 12.4 Å². The Morgan fingerprint density at radius 2 is 1.85 bits per heavy atom. The van der Waals surface area contributed by atoms with Crippen LogP contribution in [0.1, 0.15) is 45.6 Å². The molecule has 1 saturated heterocycles. The lowest BCUT2D eigenvalue weighted by atomic mass is 9.87. The van der Waals surface area contributed by atoms with Gasteiger partial charge in [-0.05, 0) is 42.5 Å². The van der Waals surface area contributed by atoms with E-state index in [9.17, 15) is 4.79 Å². The van der Waals surface area contributed by atoms with Crippen LogP contribution in [0.5, 0.6) is 0 Å². The summed E-state index contributed by atoms with van der Waals surface area (Å²) in [4.78, 5) is 12.1. The molecule has 1 aliphatic heterocycles. The van der Waals surface area contributed by atoms with Gasteiger partial charge in [-0.3, -0.25) is 4.79 Å². The molecule has 1 aromatic carbocycles. The molecule has 1 fully saturated rings. The number of carbonyl (C=O) groups is 1. The van der Waals surface area contributed by atoms with E-state index >= 15 is 0 Å². The number of hydrogen-bond acceptors (Lipinski definition) is 2. The molecule has 0 bridgehead atoms. The number of nitrogens with one attached hydrogen (secondary N) is 2. The highest BCUT2D eigenvalue weighted by Gasteiger charge is 2.20. The summed E-state index contributed by atoms with van der Waals surface area (Å²) in [7, 11) is 0. The topological polar surface area (TPSA) is 41.1 Å². The molecule has 4 heteroatoms. The molecule has 0 aromatic heterocycles. The van der Waals surface area contributed by atoms with E-state index in [0.717, 1.165) is 25.1 Å². The molecule has 1 heterocycles. The van der Waals surface area contributed by atoms with Gasteiger partial charge < -0.3 is 10.6 Å². The summed E-state index contributed by atoms with van der Waals surface area (Å²) in [5.74, 6) is 0.0863. The van der Waals surface area contributed by atoms with Gasteiger partial charge in [-0.2, -0.15) is 0 Å². The molecule has 0 unspecified atom stereocenters. The summed E-state index contributed by atoms with van der Waals surface area (Å²) in [6.45, 7) is 7.51. The Bertz CT molecular complexity index is 431. The molecule has 2 N–H and O–H groups in total. The van der Waals surface area contributed by atoms with Crippen molar-refractivity contribution in [2.24, 2.45) is 0 Å². The number of hydrogen-bond donors (Lipinski definition) is 2. The van der Waals surface area contributed by atoms with Gasteiger partial charge >= 0.3 is 0 Å². The maximum absolute atomic E-state index is 12.1. The molecule has 0 aliphatic carbocycles. The maximum atomic E-state index is 12.1. The van der Waals surface area contributed by atoms with Crippen molar-refractivity contribution in [1.29, 1.82) is 0 Å². The van der Waals surface area contributed by atoms with Crippen LogP contribution in [0, 0.1) is 0 Å². The van der Waals surface area contributed by atoms with Crippen LogP contribution in [-0.2, 0) is 10.2 Å². The second-order valence-electron chi connectivity index (χ2n) is 6.32. The third kappa shape index (κ3) is 4.50. The average molecular weight is 297 g/mol. The van der Waals surface area contributed by atoms with Crippen LogP contribution in [0.15, 0.2) is 24.3 Å². The summed E-state index contributed by atoms with van der Waals surface area (Å²) in [6, 6.07) is 8.12. The molecule has 20 heavy (non-hydrogen) atoms. The monoisotopic (exact) mass is 296 g/mol. The van der Waals surface area contributed by atoms with E-state index in [1.807, 2.05) is 12.1 Å². The second-order valence-corrected chi connectivity index (χ2v) is 6.32. The van der Waals surface area contributed by atoms with Gasteiger partial charge in [-0.25, -0.2) is 0 Å². The first-order valence-corrected chi connectivity index (χ1v) is 7.11. The normalized spacial score (nSPS) is 19.1. The average Bonchev–Trinajstić information content (AvgIpc) is 2.39. The third-order valence-electron chi connectivity index (χ3n) is 3.65. The van der Waals surface area contributed by atoms with Crippen molar-refractivity contribution in [2.45, 2.75) is 51.5 Å². The molecule has 0 radical (unpaired) electrons. The van der Waals surface area contributed by atoms with Gasteiger partial charge in [0.05, 0.1) is 6.04 Å². The number of anilines is 1. The van der Waals surface area contributed by atoms with Crippen molar-refractivity contribution in [3.05, 3.63) is 29.8 Å². The molecule has 1 atom stereocenters. The SMILES string of the molecule is CC(C)(C)c1ccc(NC(=O)[C@@H]2CCCCN2)cc1.Cl. The van der Waals surface area contributed by atoms with Crippen molar-refractivity contribution in [2.75, 3.05) is 11.9 Å². The highest BCUT2D eigenvalue weighted by molar-refractivity contribution is 5.94. The Kier molecular flexibility index (Phi) is 6.03. The molecule has 1 amide bonds. The fourth-order valence-electron chi connectivity index (χ4n) is 2.36. The first-order chi connectivity index (χ1) is 8.97. The molecule has 3 nitrogen and oxygen atoms in total. The van der Waals surface area contributed by atoms with Crippen molar-refractivity contribution in [1.82, 2.24) is 5.32 Å². The zero-order chi connectivity index (χ0) is 13.9. The van der Waals surface area contributed by atoms with Crippen molar-refractivity contribution < 1.29 is 4.79 Å². The quantitative estimate of drug-likeness (QED) is 0.877. The number of rotatable bonds is 2. The van der Waals surface area contributed by atoms with Crippen LogP contribution in [0.25, 0.3) is 0 Å². The highest BCUT2D eigenvalue weighted by atomic mass is 35.5. The van der Waals surface area contributed by atoms with Gasteiger partial charge in [0, 0.05) is 5.69 Å². The van der Waals surface area contributed by atoms with E-state index in [1.165, 1.54) is 12.0 Å². The van der Waals surface area contributed by atoms with Crippen LogP contribution < -0.4 is 10.6 Å². The first kappa shape index (κ1) is 17.0. The van der Waals surface area contributed by atoms with Crippen molar-refractivity contribution in [3.8, 4) is 0 Å². The number of carbonyl (C=O) groups excluding carboxylic acids is 1. The molecule has 1 aliphatic rings. The minimum absolute atomic E-state index is 0. The Morgan fingerprint density at radius 1 is 1.20 bits per heavy atom. The Balaban J connectivity index is 0.00000200. The Labute approximate surface area is 127 Å². The molecule has 0 spiro atoms. The van der Waals surface area contributed by atoms with Gasteiger partial charge in [0.2, 0.25) is 5.91 Å². The van der Waals surface area contributed by atoms with Gasteiger partial charge in [0.15, 0.2) is 0 Å². The lowest BCUT2D eigenvalue weighted by Gasteiger charge is -2.23. The molecule has 2 rings (SSSR count). The lowest BCUT2D eigenvalue weighted by molar-refractivity contribution is -0.118. The number of halogens is 1. The van der Waals surface area contributed by atoms with E-state index in [2.05, 4.69) is 43.5 Å². The summed E-state index contributed by atoms with van der Waals surface area (Å²) in [6.07, 6.45) is 3.24. The molecular formula is C16H25ClN2O. The first-order valence-electron chi connectivity index (χ1n) is 7.11. The van der Waals surface area contributed by atoms with Crippen LogP contribution in [0.2, 0.25) is 0 Å². The minimum atomic E-state index is -0.0314. The largest absolute Gasteiger partial charge is 0.325 e. The Morgan fingerprint density at radius 3 is 2.35 bits per heavy atom. The molecule has 0 saturated carbocycles. The predicted molar refractivity (Wildman–Crippen MR) is 86.7 cm³/mol. The van der Waals surface area contributed by atoms with E-state index in [0.29, 0.717) is 0 Å². The maximum Gasteiger partial charge on any atom is 0.241 e. The van der Waals surface area contributed by atoms with E-state index < -0.39 is 0 Å². The van der Waals surface area contributed by atoms with Crippen LogP contribution in [-0.4, -0.2) is 18.5 Å². The van der Waals surface area contributed by atoms with E-state index in [-0.39, 0.29) is 29.8 Å². The minimum Gasteiger partial charge on any atom is -0.325 e. The fraction of sp³-hybridized carbons (Fsp3) is 0.562. The molecule has 112 valence electrons. The van der Waals surface area contributed by atoms with Crippen LogP contribution >= 0.6 is 12.4 Å². The molecule has 1 aromatic rings. The zero-order valence-electron chi connectivity index (χ0n) is 12.5. The fourth-order valence-corrected chi connectivity index (χ4v) is 2.36. The van der Waals surface area contributed by atoms with E-state index in [1.54, 1.807) is 0 Å². The number of amides is 1. The second kappa shape index (κ2) is 7.09. The predicted octanol–water partition coefficient (Wildman–Crippen LogP) is 3.49. The standard InChI is InChI=1S/C16H24N2O.ClH/c1-16(2,3)12-7-9-13(10-8-12)18-15(19)14-6-4-5-11-17-14;/h7-10,14,17H,4-6,11H2,1-3H3,(H,18,19);1H/t14-;/m0./s1. The Hall–Kier alpha value is -1.06. The zero-order valence-corrected chi connectivity index (χ0v) is 13.3. The smallest absolute Gasteiger partial charge is 0.241 e.